The van der Waals surface area contributed by atoms with Crippen LogP contribution in [0, 0.1) is 35.5 Å². The Hall–Kier alpha value is -6.57. The topological polar surface area (TPSA) is 211 Å². The standard InChI is InChI=1S/C25H32N2O2.C22H27BrN2O2.C22H28N2O2.C4H4O4.7H2/c1-4-15(14-28)10-23(29)17-11-19-18-6-5-7-21-24(18)20(12-22(19)26(2)13-17)25(27(21)3)16-8-9-16;1-4-13(12-26)8-20(27)14-9-16-15-6-5-7-18-21(15)17(22(23)25(18)3)10-19(16)24(2)11-14;1-4-14(13-25)8-21(26)15-9-18-17-6-5-7-19-22(17)16(12-23(19)2)10-20(18)24(3)11-15;5-3(6)1-2-4(7)8;;;;;;;/h5-7,11,15-17,22,28H,4,8-10,12-14H2,1-3H3;5-7,9,13-14,19,26H,4,8,10-12H2,1-3H3;5-7,9,12,14-15,20,25H,4,8,10-11,13H2,1-3H3;1-2H,(H,5,6)(H,7,8);7*1H/b;;;2-1-;;;;;;;/t15-,17-,22-;13-,14-,19-;14-,15-,20-;;;;;;;;/m111......../s1/i;;;;6*1+1D;1+1. The minimum Gasteiger partial charge on any atom is -0.478 e. The first-order chi connectivity index (χ1) is 49.1. The van der Waals surface area contributed by atoms with Gasteiger partial charge in [0.25, 0.3) is 0 Å². The molecule has 4 aliphatic carbocycles. The zero-order valence-electron chi connectivity index (χ0n) is 65.8. The Morgan fingerprint density at radius 3 is 1.32 bits per heavy atom. The Bertz CT molecular complexity index is 3890. The molecule has 1 fully saturated rings. The van der Waals surface area contributed by atoms with E-state index in [0.29, 0.717) is 49.5 Å². The van der Waals surface area contributed by atoms with Crippen LogP contribution in [-0.4, -0.2) is 162 Å². The summed E-state index contributed by atoms with van der Waals surface area (Å²) in [4.78, 5) is 64.9. The maximum absolute atomic E-state index is 13.0. The molecular weight excluding hydrogens is 1200 g/mol. The molecule has 3 aromatic heterocycles. The minimum absolute atomic E-state index is 0. The number of benzene rings is 3. The molecule has 0 spiro atoms. The third kappa shape index (κ3) is 13.2. The van der Waals surface area contributed by atoms with Crippen LogP contribution >= 0.6 is 15.9 Å². The van der Waals surface area contributed by atoms with Gasteiger partial charge in [0, 0.05) is 192 Å². The van der Waals surface area contributed by atoms with Crippen LogP contribution in [0.5, 0.6) is 0 Å². The molecule has 0 radical (unpaired) electrons. The lowest BCUT2D eigenvalue weighted by Crippen LogP contribution is -2.44. The molecule has 6 aromatic rings. The third-order valence-corrected chi connectivity index (χ3v) is 21.7. The molecule has 9 atom stereocenters. The Morgan fingerprint density at radius 1 is 0.544 bits per heavy atom. The van der Waals surface area contributed by atoms with E-state index in [1.54, 1.807) is 11.3 Å². The summed E-state index contributed by atoms with van der Waals surface area (Å²) >= 11 is 3.78. The van der Waals surface area contributed by atoms with E-state index in [0.717, 1.165) is 68.7 Å². The number of aliphatic hydroxyl groups excluding tert-OH is 3. The molecule has 494 valence electrons. The van der Waals surface area contributed by atoms with Gasteiger partial charge in [0.05, 0.1) is 4.60 Å². The molecule has 13 rings (SSSR count). The Morgan fingerprint density at radius 2 is 0.922 bits per heavy atom. The molecule has 1 saturated carbocycles. The molecular formula is C73H105BrN6O10. The molecule has 0 bridgehead atoms. The highest BCUT2D eigenvalue weighted by molar-refractivity contribution is 9.10. The second-order valence-electron chi connectivity index (χ2n) is 26.4. The van der Waals surface area contributed by atoms with E-state index in [-0.39, 0.29) is 74.1 Å². The molecule has 5 N–H and O–H groups in total. The average Bonchev–Trinajstić information content (AvgIpc) is 1.61. The fourth-order valence-corrected chi connectivity index (χ4v) is 15.8. The number of carbonyl (C=O) groups is 5. The number of ketones is 3. The largest absolute Gasteiger partial charge is 0.478 e. The van der Waals surface area contributed by atoms with Gasteiger partial charge in [-0.1, -0.05) is 94.7 Å². The molecule has 90 heavy (non-hydrogen) atoms. The predicted molar refractivity (Wildman–Crippen MR) is 374 cm³/mol. The number of aliphatic hydroxyl groups is 3. The molecule has 0 amide bonds. The van der Waals surface area contributed by atoms with E-state index in [9.17, 15) is 39.3 Å². The van der Waals surface area contributed by atoms with Crippen LogP contribution < -0.4 is 0 Å². The number of Topliss-reactive ketones (excluding diaryl/α,β-unsaturated/α-hetero) is 3. The zero-order chi connectivity index (χ0) is 76.6. The number of carboxylic acid groups (broad SMARTS) is 2. The van der Waals surface area contributed by atoms with Gasteiger partial charge in [0.15, 0.2) is 0 Å². The summed E-state index contributed by atoms with van der Waals surface area (Å²) in [7, 11) is 12.9. The van der Waals surface area contributed by atoms with Crippen molar-refractivity contribution in [3.8, 4) is 0 Å². The van der Waals surface area contributed by atoms with Crippen LogP contribution in [-0.2, 0) is 64.4 Å². The van der Waals surface area contributed by atoms with Gasteiger partial charge >= 0.3 is 11.9 Å². The summed E-state index contributed by atoms with van der Waals surface area (Å²) in [5.74, 6) is -1.00. The number of nitrogens with zero attached hydrogens (tertiary/aromatic N) is 6. The molecule has 7 aliphatic rings. The van der Waals surface area contributed by atoms with Crippen LogP contribution in [0.2, 0.25) is 0 Å². The van der Waals surface area contributed by atoms with Gasteiger partial charge in [-0.2, -0.15) is 0 Å². The van der Waals surface area contributed by atoms with Crippen LogP contribution in [0.15, 0.2) is 95.8 Å². The second-order valence-corrected chi connectivity index (χ2v) is 27.2. The van der Waals surface area contributed by atoms with E-state index >= 15 is 0 Å². The molecule has 17 heteroatoms. The number of rotatable bonds is 18. The van der Waals surface area contributed by atoms with Crippen molar-refractivity contribution in [2.75, 3.05) is 60.6 Å². The van der Waals surface area contributed by atoms with Crippen molar-refractivity contribution in [1.82, 2.24) is 28.4 Å². The smallest absolute Gasteiger partial charge is 0.328 e. The van der Waals surface area contributed by atoms with Gasteiger partial charge in [0.2, 0.25) is 0 Å². The molecule has 3 aromatic carbocycles. The number of carbonyl (C=O) groups excluding carboxylic acids is 3. The molecule has 6 heterocycles. The van der Waals surface area contributed by atoms with Crippen molar-refractivity contribution in [2.24, 2.45) is 56.7 Å². The van der Waals surface area contributed by atoms with Crippen molar-refractivity contribution in [3.63, 3.8) is 0 Å². The third-order valence-electron chi connectivity index (χ3n) is 20.7. The van der Waals surface area contributed by atoms with E-state index in [4.69, 9.17) is 28.0 Å². The van der Waals surface area contributed by atoms with Gasteiger partial charge < -0.3 is 39.2 Å². The van der Waals surface area contributed by atoms with E-state index in [1.165, 1.54) is 90.1 Å². The number of halogens is 1. The van der Waals surface area contributed by atoms with Crippen LogP contribution in [0.4, 0.5) is 0 Å². The second kappa shape index (κ2) is 28.1. The minimum atomic E-state index is -1.26. The van der Waals surface area contributed by atoms with Gasteiger partial charge in [-0.15, -0.1) is 0 Å². The van der Waals surface area contributed by atoms with E-state index < -0.39 is 11.9 Å². The SMILES string of the molecule is CC[C@@H](CO)CC(=O)[C@@H]1C=C2c3cccc4c3c(c(Br)n4C)C[C@H]2N(C)C1.CC[C@@H](CO)CC(=O)[C@@H]1C=C2c3cccc4c3c(c(C3CC3)n4C)C[C@H]2N(C)C1.CC[C@@H](CO)CC(=O)[C@@H]1C=C2c3cccc4c3c(cn4C)C[C@H]2N(C)C1.O=C(O)/C=C\C(=O)O.[2HH].[2H][2H].[2H][2H].[2H][2H].[2H][2H].[2H][2H].[2H][2H]. The maximum atomic E-state index is 13.0. The predicted octanol–water partition coefficient (Wildman–Crippen LogP) is 12.2. The van der Waals surface area contributed by atoms with E-state index in [2.05, 4.69) is 166 Å². The summed E-state index contributed by atoms with van der Waals surface area (Å²) in [6.45, 7) is 8.71. The molecule has 0 unspecified atom stereocenters. The molecule has 0 saturated heterocycles. The van der Waals surface area contributed by atoms with Crippen LogP contribution in [0.3, 0.4) is 0 Å². The number of aryl methyl sites for hydroxylation is 3. The highest BCUT2D eigenvalue weighted by Crippen LogP contribution is 2.51. The number of hydrogen-bond donors (Lipinski definition) is 5. The average molecular weight is 1320 g/mol. The number of likely N-dealkylation sites (N-methyl/N-ethyl adjacent to an activating group) is 3. The number of aromatic nitrogens is 3. The van der Waals surface area contributed by atoms with Crippen molar-refractivity contribution >= 4 is 94.6 Å². The molecule has 16 nitrogen and oxygen atoms in total. The Labute approximate surface area is 557 Å². The van der Waals surface area contributed by atoms with Gasteiger partial charge in [0.1, 0.15) is 17.3 Å². The van der Waals surface area contributed by atoms with Gasteiger partial charge in [-0.25, -0.2) is 9.59 Å². The first-order valence-corrected chi connectivity index (χ1v) is 33.2. The van der Waals surface area contributed by atoms with Gasteiger partial charge in [-0.3, -0.25) is 29.1 Å². The summed E-state index contributed by atoms with van der Waals surface area (Å²) in [6.07, 6.45) is 19.7. The number of carboxylic acids is 2. The Kier molecular flexibility index (Phi) is 18.3. The fourth-order valence-electron chi connectivity index (χ4n) is 15.2. The van der Waals surface area contributed by atoms with Crippen molar-refractivity contribution in [1.29, 1.82) is 0 Å². The lowest BCUT2D eigenvalue weighted by Gasteiger charge is -2.40. The first kappa shape index (κ1) is 58.5. The Balaban J connectivity index is 0.000000354. The normalized spacial score (nSPS) is 23.2. The highest BCUT2D eigenvalue weighted by atomic mass is 79.9. The van der Waals surface area contributed by atoms with E-state index in [1.807, 2.05) is 20.8 Å². The monoisotopic (exact) mass is 1320 g/mol. The van der Waals surface area contributed by atoms with Gasteiger partial charge in [-0.05, 0) is 161 Å². The number of aliphatic carboxylic acids is 2. The first-order valence-electron chi connectivity index (χ1n) is 38.4. The highest BCUT2D eigenvalue weighted by Gasteiger charge is 2.42. The van der Waals surface area contributed by atoms with Crippen molar-refractivity contribution < 1.29 is 68.7 Å². The van der Waals surface area contributed by atoms with Crippen LogP contribution in [0.25, 0.3) is 49.4 Å². The summed E-state index contributed by atoms with van der Waals surface area (Å²) in [6, 6.07) is 20.7. The summed E-state index contributed by atoms with van der Waals surface area (Å²) in [5.41, 5.74) is 17.5. The maximum Gasteiger partial charge on any atom is 0.328 e. The van der Waals surface area contributed by atoms with Crippen LogP contribution in [0.1, 0.15) is 136 Å². The zero-order valence-corrected chi connectivity index (χ0v) is 55.4. The summed E-state index contributed by atoms with van der Waals surface area (Å²) < 4.78 is 68.0. The lowest BCUT2D eigenvalue weighted by molar-refractivity contribution is -0.134. The lowest BCUT2D eigenvalue weighted by atomic mass is 9.77. The summed E-state index contributed by atoms with van der Waals surface area (Å²) in [5, 5.41) is 48.1. The quantitative estimate of drug-likeness (QED) is 0.0508. The van der Waals surface area contributed by atoms with Crippen molar-refractivity contribution in [2.45, 2.75) is 115 Å². The number of fused-ring (bicyclic) bond motifs is 6. The fraction of sp³-hybridized carbons (Fsp3) is 0.493. The number of hydrogen-bond acceptors (Lipinski definition) is 11. The molecule has 3 aliphatic heterocycles. The van der Waals surface area contributed by atoms with Crippen molar-refractivity contribution in [3.05, 3.63) is 135 Å².